The van der Waals surface area contributed by atoms with Gasteiger partial charge in [-0.1, -0.05) is 43.9 Å². The van der Waals surface area contributed by atoms with Crippen LogP contribution in [-0.4, -0.2) is 5.75 Å². The van der Waals surface area contributed by atoms with E-state index in [9.17, 15) is 0 Å². The van der Waals surface area contributed by atoms with Crippen LogP contribution in [0.1, 0.15) is 39.5 Å². The molecule has 0 nitrogen and oxygen atoms in total. The van der Waals surface area contributed by atoms with Crippen molar-refractivity contribution in [1.29, 1.82) is 0 Å². The highest BCUT2D eigenvalue weighted by Gasteiger charge is 1.99. The Labute approximate surface area is 74.0 Å². The Morgan fingerprint density at radius 2 is 2.10 bits per heavy atom. The van der Waals surface area contributed by atoms with Gasteiger partial charge in [0, 0.05) is 5.75 Å². The molecule has 1 atom stereocenters. The van der Waals surface area contributed by atoms with E-state index in [1.807, 2.05) is 0 Å². The first-order chi connectivity index (χ1) is 4.81. The average molecular weight is 177 g/mol. The minimum atomic E-state index is 0.828. The van der Waals surface area contributed by atoms with Gasteiger partial charge >= 0.3 is 0 Å². The van der Waals surface area contributed by atoms with Gasteiger partial charge in [0.2, 0.25) is 0 Å². The highest BCUT2D eigenvalue weighted by Crippen LogP contribution is 2.16. The predicted octanol–water partition coefficient (Wildman–Crippen LogP) is 4.05. The molecule has 10 heavy (non-hydrogen) atoms. The summed E-state index contributed by atoms with van der Waals surface area (Å²) in [7, 11) is 1.55. The zero-order valence-corrected chi connectivity index (χ0v) is 8.56. The standard InChI is InChI=1S/C8H17S2/c1-3-4-5-6-8(2)7-10-9/h8H,3-7H2,1-2H3. The second-order valence-electron chi connectivity index (χ2n) is 2.89. The molecule has 0 aliphatic heterocycles. The van der Waals surface area contributed by atoms with Gasteiger partial charge in [0.05, 0.1) is 0 Å². The van der Waals surface area contributed by atoms with Crippen LogP contribution in [0.3, 0.4) is 0 Å². The normalized spacial score (nSPS) is 13.5. The SMILES string of the molecule is CCCCCC(C)CS[S]. The maximum absolute atomic E-state index is 4.82. The van der Waals surface area contributed by atoms with Crippen LogP contribution in [-0.2, 0) is 0 Å². The van der Waals surface area contributed by atoms with Crippen molar-refractivity contribution in [3.05, 3.63) is 0 Å². The van der Waals surface area contributed by atoms with Gasteiger partial charge in [-0.15, -0.1) is 0 Å². The number of hydrogen-bond acceptors (Lipinski definition) is 1. The second kappa shape index (κ2) is 7.80. The Morgan fingerprint density at radius 3 is 2.60 bits per heavy atom. The van der Waals surface area contributed by atoms with Crippen molar-refractivity contribution in [3.8, 4) is 0 Å². The summed E-state index contributed by atoms with van der Waals surface area (Å²) in [5.74, 6) is 1.98. The van der Waals surface area contributed by atoms with E-state index < -0.39 is 0 Å². The highest BCUT2D eigenvalue weighted by molar-refractivity contribution is 8.68. The monoisotopic (exact) mass is 177 g/mol. The van der Waals surface area contributed by atoms with Gasteiger partial charge in [-0.3, -0.25) is 0 Å². The Kier molecular flexibility index (Phi) is 8.35. The van der Waals surface area contributed by atoms with E-state index in [1.54, 1.807) is 10.8 Å². The molecule has 2 heteroatoms. The van der Waals surface area contributed by atoms with E-state index >= 15 is 0 Å². The molecule has 0 spiro atoms. The summed E-state index contributed by atoms with van der Waals surface area (Å²) in [5.41, 5.74) is 0. The van der Waals surface area contributed by atoms with Crippen LogP contribution in [0.5, 0.6) is 0 Å². The van der Waals surface area contributed by atoms with Gasteiger partial charge in [0.25, 0.3) is 0 Å². The molecule has 0 aromatic carbocycles. The zero-order chi connectivity index (χ0) is 7.82. The van der Waals surface area contributed by atoms with Crippen LogP contribution in [0, 0.1) is 5.92 Å². The fraction of sp³-hybridized carbons (Fsp3) is 1.00. The van der Waals surface area contributed by atoms with Crippen molar-refractivity contribution < 1.29 is 0 Å². The maximum atomic E-state index is 4.82. The van der Waals surface area contributed by atoms with E-state index in [-0.39, 0.29) is 0 Å². The third-order valence-electron chi connectivity index (χ3n) is 1.65. The lowest BCUT2D eigenvalue weighted by Gasteiger charge is -2.06. The van der Waals surface area contributed by atoms with Gasteiger partial charge in [-0.2, -0.15) is 0 Å². The van der Waals surface area contributed by atoms with E-state index in [4.69, 9.17) is 11.7 Å². The Morgan fingerprint density at radius 1 is 1.40 bits per heavy atom. The Hall–Kier alpha value is 0.700. The van der Waals surface area contributed by atoms with Crippen LogP contribution in [0.2, 0.25) is 0 Å². The van der Waals surface area contributed by atoms with Crippen molar-refractivity contribution in [3.63, 3.8) is 0 Å². The molecule has 0 aliphatic rings. The first-order valence-corrected chi connectivity index (χ1v) is 5.97. The number of unbranched alkanes of at least 4 members (excludes halogenated alkanes) is 2. The van der Waals surface area contributed by atoms with Crippen LogP contribution < -0.4 is 0 Å². The summed E-state index contributed by atoms with van der Waals surface area (Å²) >= 11 is 4.82. The number of hydrogen-bond donors (Lipinski definition) is 0. The minimum absolute atomic E-state index is 0.828. The minimum Gasteiger partial charge on any atom is -0.0815 e. The molecule has 1 unspecified atom stereocenters. The van der Waals surface area contributed by atoms with E-state index in [1.165, 1.54) is 25.7 Å². The fourth-order valence-electron chi connectivity index (χ4n) is 0.942. The van der Waals surface area contributed by atoms with Gasteiger partial charge in [0.1, 0.15) is 0 Å². The lowest BCUT2D eigenvalue weighted by molar-refractivity contribution is 0.542. The van der Waals surface area contributed by atoms with Crippen molar-refractivity contribution in [1.82, 2.24) is 0 Å². The number of rotatable bonds is 6. The van der Waals surface area contributed by atoms with Crippen molar-refractivity contribution in [2.75, 3.05) is 5.75 Å². The molecule has 0 bridgehead atoms. The maximum Gasteiger partial charge on any atom is 0.00711 e. The molecule has 1 radical (unpaired) electrons. The van der Waals surface area contributed by atoms with Gasteiger partial charge in [0.15, 0.2) is 0 Å². The predicted molar refractivity (Wildman–Crippen MR) is 53.4 cm³/mol. The van der Waals surface area contributed by atoms with E-state index in [2.05, 4.69) is 13.8 Å². The van der Waals surface area contributed by atoms with Gasteiger partial charge in [-0.25, -0.2) is 0 Å². The van der Waals surface area contributed by atoms with Crippen molar-refractivity contribution in [2.24, 2.45) is 5.92 Å². The summed E-state index contributed by atoms with van der Waals surface area (Å²) in [6.07, 6.45) is 5.45. The third kappa shape index (κ3) is 6.81. The van der Waals surface area contributed by atoms with Gasteiger partial charge < -0.3 is 0 Å². The van der Waals surface area contributed by atoms with Crippen LogP contribution >= 0.6 is 22.5 Å². The molecule has 0 aromatic rings. The lowest BCUT2D eigenvalue weighted by Crippen LogP contribution is -1.96. The molecule has 0 fully saturated rings. The van der Waals surface area contributed by atoms with Crippen LogP contribution in [0.25, 0.3) is 0 Å². The molecule has 0 saturated carbocycles. The van der Waals surface area contributed by atoms with E-state index in [0.717, 1.165) is 11.7 Å². The van der Waals surface area contributed by atoms with Gasteiger partial charge in [-0.05, 0) is 24.0 Å². The summed E-state index contributed by atoms with van der Waals surface area (Å²) < 4.78 is 0. The summed E-state index contributed by atoms with van der Waals surface area (Å²) in [6.45, 7) is 4.53. The molecule has 0 saturated heterocycles. The Bertz CT molecular complexity index is 64.3. The topological polar surface area (TPSA) is 0 Å². The average Bonchev–Trinajstić information content (AvgIpc) is 1.89. The summed E-state index contributed by atoms with van der Waals surface area (Å²) in [5, 5.41) is 0. The molecule has 0 N–H and O–H groups in total. The largest absolute Gasteiger partial charge is 0.0815 e. The van der Waals surface area contributed by atoms with Crippen LogP contribution in [0.4, 0.5) is 0 Å². The first-order valence-electron chi connectivity index (χ1n) is 4.06. The molecule has 0 rings (SSSR count). The molecular weight excluding hydrogens is 160 g/mol. The highest BCUT2D eigenvalue weighted by atomic mass is 33.1. The molecule has 0 amide bonds. The fourth-order valence-corrected chi connectivity index (χ4v) is 2.04. The third-order valence-corrected chi connectivity index (χ3v) is 2.77. The molecule has 0 aromatic heterocycles. The molecule has 61 valence electrons. The smallest absolute Gasteiger partial charge is 0.00711 e. The lowest BCUT2D eigenvalue weighted by atomic mass is 10.1. The van der Waals surface area contributed by atoms with Crippen molar-refractivity contribution >= 4 is 22.5 Å². The Balaban J connectivity index is 2.97. The van der Waals surface area contributed by atoms with Crippen molar-refractivity contribution in [2.45, 2.75) is 39.5 Å². The summed E-state index contributed by atoms with van der Waals surface area (Å²) in [4.78, 5) is 0. The first kappa shape index (κ1) is 10.7. The molecule has 0 heterocycles. The molecular formula is C8H17S2. The second-order valence-corrected chi connectivity index (χ2v) is 4.16. The van der Waals surface area contributed by atoms with E-state index in [0.29, 0.717) is 0 Å². The quantitative estimate of drug-likeness (QED) is 0.436. The molecule has 0 aliphatic carbocycles. The van der Waals surface area contributed by atoms with Crippen LogP contribution in [0.15, 0.2) is 0 Å². The zero-order valence-electron chi connectivity index (χ0n) is 6.93. The summed E-state index contributed by atoms with van der Waals surface area (Å²) in [6, 6.07) is 0.